The average Bonchev–Trinajstić information content (AvgIpc) is 3.25. The number of tetrazole rings is 1. The highest BCUT2D eigenvalue weighted by Crippen LogP contribution is 2.39. The van der Waals surface area contributed by atoms with Gasteiger partial charge in [-0.25, -0.2) is 36.7 Å². The molecule has 188 valence electrons. The van der Waals surface area contributed by atoms with Crippen molar-refractivity contribution < 1.29 is 39.9 Å². The molecular weight excluding hydrogens is 521 g/mol. The summed E-state index contributed by atoms with van der Waals surface area (Å²) in [7, 11) is -8.45. The molecule has 0 unspecified atom stereocenters. The van der Waals surface area contributed by atoms with Crippen LogP contribution in [0.1, 0.15) is 0 Å². The Hall–Kier alpha value is -3.55. The van der Waals surface area contributed by atoms with Gasteiger partial charge in [0.2, 0.25) is 15.8 Å². The number of nitrogens with zero attached hydrogens (tertiary/aromatic N) is 5. The lowest BCUT2D eigenvalue weighted by atomic mass is 10.0. The van der Waals surface area contributed by atoms with Crippen molar-refractivity contribution in [1.82, 2.24) is 35.9 Å². The lowest BCUT2D eigenvalue weighted by molar-refractivity contribution is -0.192. The number of hydrogen-bond donors (Lipinski definition) is 4. The molecule has 0 bridgehead atoms. The van der Waals surface area contributed by atoms with E-state index in [9.17, 15) is 30.0 Å². The summed E-state index contributed by atoms with van der Waals surface area (Å²) in [4.78, 5) is 15.7. The molecule has 0 amide bonds. The van der Waals surface area contributed by atoms with Gasteiger partial charge in [-0.1, -0.05) is 6.07 Å². The summed E-state index contributed by atoms with van der Waals surface area (Å²) in [5.41, 5.74) is 0.651. The second-order valence-corrected chi connectivity index (χ2v) is 10.5. The Labute approximate surface area is 194 Å². The molecule has 1 aliphatic rings. The lowest BCUT2D eigenvalue weighted by Gasteiger charge is -2.28. The van der Waals surface area contributed by atoms with Gasteiger partial charge < -0.3 is 10.4 Å². The predicted octanol–water partition coefficient (Wildman–Crippen LogP) is -0.650. The van der Waals surface area contributed by atoms with Crippen LogP contribution in [0.5, 0.6) is 0 Å². The summed E-state index contributed by atoms with van der Waals surface area (Å²) in [6.45, 7) is 0.441. The number of carboxylic acid groups (broad SMARTS) is 1. The molecule has 4 rings (SSSR count). The number of H-pyrrole nitrogens is 1. The van der Waals surface area contributed by atoms with Crippen LogP contribution in [0.4, 0.5) is 13.2 Å². The molecule has 0 aliphatic carbocycles. The van der Waals surface area contributed by atoms with E-state index in [-0.39, 0.29) is 24.5 Å². The number of nitrogens with two attached hydrogens (primary N) is 1. The van der Waals surface area contributed by atoms with Crippen molar-refractivity contribution in [1.29, 1.82) is 0 Å². The van der Waals surface area contributed by atoms with Crippen LogP contribution in [0.2, 0.25) is 0 Å². The third-order valence-corrected chi connectivity index (χ3v) is 7.87. The number of hydrogen-bond acceptors (Lipinski definition) is 11. The number of aromatic amines is 1. The minimum absolute atomic E-state index is 0.0839. The quantitative estimate of drug-likeness (QED) is 0.319. The number of sulfonamides is 1. The Bertz CT molecular complexity index is 1430. The largest absolute Gasteiger partial charge is 0.490 e. The number of halogens is 3. The zero-order chi connectivity index (χ0) is 26.0. The van der Waals surface area contributed by atoms with E-state index in [0.29, 0.717) is 11.1 Å². The number of carbonyl (C=O) groups is 1. The fourth-order valence-corrected chi connectivity index (χ4v) is 6.08. The Morgan fingerprint density at radius 1 is 1.11 bits per heavy atom. The van der Waals surface area contributed by atoms with Gasteiger partial charge in [0.25, 0.3) is 0 Å². The maximum absolute atomic E-state index is 13.0. The molecule has 3 aromatic rings. The number of carboxylic acids is 1. The van der Waals surface area contributed by atoms with Crippen LogP contribution >= 0.6 is 0 Å². The fourth-order valence-electron chi connectivity index (χ4n) is 2.90. The first-order valence-electron chi connectivity index (χ1n) is 9.18. The van der Waals surface area contributed by atoms with Gasteiger partial charge in [0.05, 0.1) is 15.7 Å². The molecule has 0 spiro atoms. The molecule has 1 fully saturated rings. The molecule has 1 saturated heterocycles. The molecule has 0 radical (unpaired) electrons. The highest BCUT2D eigenvalue weighted by Gasteiger charge is 2.39. The van der Waals surface area contributed by atoms with Crippen molar-refractivity contribution in [3.8, 4) is 22.5 Å². The molecule has 0 saturated carbocycles. The summed E-state index contributed by atoms with van der Waals surface area (Å²) in [6.07, 6.45) is -0.883. The Morgan fingerprint density at radius 3 is 2.14 bits per heavy atom. The Morgan fingerprint density at radius 2 is 1.71 bits per heavy atom. The highest BCUT2D eigenvalue weighted by atomic mass is 32.2. The van der Waals surface area contributed by atoms with Crippen LogP contribution in [-0.4, -0.2) is 83.0 Å². The van der Waals surface area contributed by atoms with Crippen LogP contribution in [0.25, 0.3) is 22.5 Å². The molecule has 3 heterocycles. The molecule has 0 atom stereocenters. The molecule has 2 aromatic heterocycles. The molecule has 5 N–H and O–H groups in total. The second-order valence-electron chi connectivity index (χ2n) is 6.85. The molecule has 1 aliphatic heterocycles. The number of rotatable bonds is 5. The van der Waals surface area contributed by atoms with Gasteiger partial charge in [0, 0.05) is 31.0 Å². The minimum atomic E-state index is -5.08. The van der Waals surface area contributed by atoms with Gasteiger partial charge in [0.1, 0.15) is 11.2 Å². The predicted molar refractivity (Wildman–Crippen MR) is 110 cm³/mol. The fraction of sp³-hybridized carbons (Fsp3) is 0.250. The lowest BCUT2D eigenvalue weighted by Crippen LogP contribution is -2.51. The van der Waals surface area contributed by atoms with Crippen molar-refractivity contribution in [2.75, 3.05) is 13.1 Å². The molecule has 1 aromatic carbocycles. The molecule has 19 heteroatoms. The first-order chi connectivity index (χ1) is 16.2. The first kappa shape index (κ1) is 26.1. The van der Waals surface area contributed by atoms with E-state index in [4.69, 9.17) is 15.0 Å². The van der Waals surface area contributed by atoms with Crippen molar-refractivity contribution in [2.45, 2.75) is 21.2 Å². The minimum Gasteiger partial charge on any atom is -0.475 e. The highest BCUT2D eigenvalue weighted by molar-refractivity contribution is 7.94. The summed E-state index contributed by atoms with van der Waals surface area (Å²) in [5, 5.41) is 28.0. The Balaban J connectivity index is 0.000000429. The van der Waals surface area contributed by atoms with Crippen molar-refractivity contribution in [3.05, 3.63) is 30.9 Å². The number of nitrogens with one attached hydrogen (secondary N) is 2. The molecule has 35 heavy (non-hydrogen) atoms. The van der Waals surface area contributed by atoms with Gasteiger partial charge in [-0.05, 0) is 16.8 Å². The summed E-state index contributed by atoms with van der Waals surface area (Å²) >= 11 is 0. The number of aliphatic carboxylic acids is 1. The van der Waals surface area contributed by atoms with E-state index in [1.807, 2.05) is 0 Å². The monoisotopic (exact) mass is 536 g/mol. The molecule has 14 nitrogen and oxygen atoms in total. The molecular formula is C16H15F3N8O6S2. The number of primary sulfonamides is 1. The van der Waals surface area contributed by atoms with Crippen molar-refractivity contribution in [2.24, 2.45) is 5.14 Å². The summed E-state index contributed by atoms with van der Waals surface area (Å²) < 4.78 is 82.8. The summed E-state index contributed by atoms with van der Waals surface area (Å²) in [6, 6.07) is 2.68. The van der Waals surface area contributed by atoms with E-state index >= 15 is 0 Å². The first-order valence-corrected chi connectivity index (χ1v) is 12.3. The van der Waals surface area contributed by atoms with Gasteiger partial charge in [-0.2, -0.15) is 18.4 Å². The van der Waals surface area contributed by atoms with E-state index in [1.165, 1.54) is 30.9 Å². The van der Waals surface area contributed by atoms with Crippen LogP contribution in [0, 0.1) is 0 Å². The van der Waals surface area contributed by atoms with Crippen LogP contribution in [0.15, 0.2) is 40.6 Å². The van der Waals surface area contributed by atoms with E-state index in [0.717, 1.165) is 0 Å². The maximum atomic E-state index is 13.0. The van der Waals surface area contributed by atoms with Gasteiger partial charge in [0.15, 0.2) is 9.84 Å². The normalized spacial score (nSPS) is 14.5. The van der Waals surface area contributed by atoms with Crippen LogP contribution in [0.3, 0.4) is 0 Å². The standard InChI is InChI=1S/C14H14N8O4S2.C2HF3O2/c15-28(25,26)13-11(27(23,24)9-5-16-6-9)2-1-10(8-3-17-7-18-4-8)12(13)14-19-21-22-20-14;3-2(4,5)1(6)7/h1-4,7,9,16H,5-6H2,(H2,15,25,26)(H,19,20,21,22);(H,6,7). The third kappa shape index (κ3) is 5.58. The zero-order valence-corrected chi connectivity index (χ0v) is 18.8. The van der Waals surface area contributed by atoms with Gasteiger partial charge >= 0.3 is 12.1 Å². The van der Waals surface area contributed by atoms with E-state index in [1.54, 1.807) is 0 Å². The van der Waals surface area contributed by atoms with E-state index < -0.39 is 47.0 Å². The van der Waals surface area contributed by atoms with Crippen molar-refractivity contribution in [3.63, 3.8) is 0 Å². The van der Waals surface area contributed by atoms with E-state index in [2.05, 4.69) is 35.9 Å². The number of benzene rings is 1. The summed E-state index contributed by atoms with van der Waals surface area (Å²) in [5.74, 6) is -2.88. The number of aromatic nitrogens is 6. The topological polar surface area (TPSA) is 224 Å². The zero-order valence-electron chi connectivity index (χ0n) is 17.1. The SMILES string of the molecule is NS(=O)(=O)c1c(S(=O)(=O)C2CNC2)ccc(-c2cncnc2)c1-c1nn[nH]n1.O=C(O)C(F)(F)F. The number of alkyl halides is 3. The Kier molecular flexibility index (Phi) is 7.15. The van der Waals surface area contributed by atoms with Crippen molar-refractivity contribution >= 4 is 25.8 Å². The average molecular weight is 536 g/mol. The van der Waals surface area contributed by atoms with Crippen LogP contribution in [-0.2, 0) is 24.7 Å². The second kappa shape index (κ2) is 9.60. The smallest absolute Gasteiger partial charge is 0.475 e. The maximum Gasteiger partial charge on any atom is 0.490 e. The number of sulfone groups is 1. The van der Waals surface area contributed by atoms with Gasteiger partial charge in [-0.15, -0.1) is 10.2 Å². The van der Waals surface area contributed by atoms with Crippen LogP contribution < -0.4 is 10.5 Å². The third-order valence-electron chi connectivity index (χ3n) is 4.58. The van der Waals surface area contributed by atoms with Gasteiger partial charge in [-0.3, -0.25) is 0 Å².